The quantitative estimate of drug-likeness (QED) is 0.680. The van der Waals surface area contributed by atoms with E-state index in [1.54, 1.807) is 35.4 Å². The van der Waals surface area contributed by atoms with Crippen LogP contribution < -0.4 is 4.74 Å². The van der Waals surface area contributed by atoms with Crippen LogP contribution in [-0.2, 0) is 16.1 Å². The van der Waals surface area contributed by atoms with Crippen molar-refractivity contribution in [1.29, 1.82) is 0 Å². The van der Waals surface area contributed by atoms with E-state index >= 15 is 0 Å². The molecule has 2 aromatic rings. The van der Waals surface area contributed by atoms with Crippen molar-refractivity contribution in [1.82, 2.24) is 9.88 Å². The first-order valence-corrected chi connectivity index (χ1v) is 8.52. The molecular formula is C20H24N2O4. The Morgan fingerprint density at radius 3 is 2.42 bits per heavy atom. The SMILES string of the molecule is COC(=O)CCN(Cc1ccccn1)C(=O)c1ccc(OC(C)C)cc1. The van der Waals surface area contributed by atoms with E-state index in [1.807, 2.05) is 32.0 Å². The van der Waals surface area contributed by atoms with Crippen molar-refractivity contribution in [3.8, 4) is 5.75 Å². The number of rotatable bonds is 8. The zero-order valence-corrected chi connectivity index (χ0v) is 15.3. The van der Waals surface area contributed by atoms with Crippen LogP contribution >= 0.6 is 0 Å². The first-order valence-electron chi connectivity index (χ1n) is 8.52. The second-order valence-electron chi connectivity index (χ2n) is 6.06. The van der Waals surface area contributed by atoms with Crippen molar-refractivity contribution in [3.63, 3.8) is 0 Å². The number of esters is 1. The number of amides is 1. The number of pyridine rings is 1. The number of aromatic nitrogens is 1. The standard InChI is InChI=1S/C20H24N2O4/c1-15(2)26-18-9-7-16(8-10-18)20(24)22(13-11-19(23)25-3)14-17-6-4-5-12-21-17/h4-10,12,15H,11,13-14H2,1-3H3. The average molecular weight is 356 g/mol. The topological polar surface area (TPSA) is 68.7 Å². The van der Waals surface area contributed by atoms with Crippen molar-refractivity contribution in [2.24, 2.45) is 0 Å². The van der Waals surface area contributed by atoms with Crippen molar-refractivity contribution in [2.75, 3.05) is 13.7 Å². The van der Waals surface area contributed by atoms with Crippen LogP contribution in [-0.4, -0.2) is 41.5 Å². The van der Waals surface area contributed by atoms with Crippen molar-refractivity contribution in [2.45, 2.75) is 32.9 Å². The van der Waals surface area contributed by atoms with Crippen molar-refractivity contribution < 1.29 is 19.1 Å². The molecule has 0 radical (unpaired) electrons. The number of nitrogens with zero attached hydrogens (tertiary/aromatic N) is 2. The van der Waals surface area contributed by atoms with Gasteiger partial charge in [-0.1, -0.05) is 6.07 Å². The molecule has 0 atom stereocenters. The van der Waals surface area contributed by atoms with E-state index < -0.39 is 0 Å². The van der Waals surface area contributed by atoms with Gasteiger partial charge in [0.2, 0.25) is 0 Å². The number of benzene rings is 1. The molecule has 1 amide bonds. The fraction of sp³-hybridized carbons (Fsp3) is 0.350. The predicted molar refractivity (Wildman–Crippen MR) is 97.8 cm³/mol. The first kappa shape index (κ1) is 19.4. The third kappa shape index (κ3) is 5.88. The van der Waals surface area contributed by atoms with E-state index in [9.17, 15) is 9.59 Å². The molecule has 0 aliphatic carbocycles. The highest BCUT2D eigenvalue weighted by Gasteiger charge is 2.18. The van der Waals surface area contributed by atoms with Gasteiger partial charge in [-0.2, -0.15) is 0 Å². The molecular weight excluding hydrogens is 332 g/mol. The summed E-state index contributed by atoms with van der Waals surface area (Å²) in [5, 5.41) is 0. The van der Waals surface area contributed by atoms with Crippen LogP contribution in [0.3, 0.4) is 0 Å². The molecule has 1 heterocycles. The van der Waals surface area contributed by atoms with Gasteiger partial charge in [0.15, 0.2) is 0 Å². The van der Waals surface area contributed by atoms with E-state index in [0.717, 1.165) is 5.69 Å². The summed E-state index contributed by atoms with van der Waals surface area (Å²) in [5.74, 6) is 0.183. The molecule has 1 aromatic carbocycles. The molecule has 0 unspecified atom stereocenters. The molecule has 0 spiro atoms. The number of carbonyl (C=O) groups excluding carboxylic acids is 2. The highest BCUT2D eigenvalue weighted by molar-refractivity contribution is 5.94. The van der Waals surface area contributed by atoms with E-state index in [-0.39, 0.29) is 30.9 Å². The van der Waals surface area contributed by atoms with Crippen LogP contribution in [0.2, 0.25) is 0 Å². The third-order valence-corrected chi connectivity index (χ3v) is 3.65. The third-order valence-electron chi connectivity index (χ3n) is 3.65. The molecule has 0 aliphatic rings. The lowest BCUT2D eigenvalue weighted by Crippen LogP contribution is -2.33. The zero-order chi connectivity index (χ0) is 18.9. The first-order chi connectivity index (χ1) is 12.5. The molecule has 2 rings (SSSR count). The largest absolute Gasteiger partial charge is 0.491 e. The molecule has 26 heavy (non-hydrogen) atoms. The maximum absolute atomic E-state index is 12.9. The number of carbonyl (C=O) groups is 2. The molecule has 0 N–H and O–H groups in total. The summed E-state index contributed by atoms with van der Waals surface area (Å²) >= 11 is 0. The molecule has 0 aliphatic heterocycles. The molecule has 0 saturated heterocycles. The Balaban J connectivity index is 2.14. The molecule has 0 fully saturated rings. The van der Waals surface area contributed by atoms with Crippen LogP contribution in [0.4, 0.5) is 0 Å². The van der Waals surface area contributed by atoms with Gasteiger partial charge in [-0.05, 0) is 50.2 Å². The van der Waals surface area contributed by atoms with E-state index in [2.05, 4.69) is 9.72 Å². The van der Waals surface area contributed by atoms with Gasteiger partial charge < -0.3 is 14.4 Å². The Bertz CT molecular complexity index is 714. The fourth-order valence-electron chi connectivity index (χ4n) is 2.40. The van der Waals surface area contributed by atoms with Gasteiger partial charge in [-0.3, -0.25) is 14.6 Å². The molecule has 6 heteroatoms. The van der Waals surface area contributed by atoms with Gasteiger partial charge in [0, 0.05) is 18.3 Å². The molecule has 138 valence electrons. The van der Waals surface area contributed by atoms with Gasteiger partial charge in [0.05, 0.1) is 31.9 Å². The summed E-state index contributed by atoms with van der Waals surface area (Å²) in [7, 11) is 1.33. The maximum atomic E-state index is 12.9. The van der Waals surface area contributed by atoms with Gasteiger partial charge in [-0.15, -0.1) is 0 Å². The Hall–Kier alpha value is -2.89. The Morgan fingerprint density at radius 2 is 1.85 bits per heavy atom. The van der Waals surface area contributed by atoms with Crippen LogP contribution in [0.15, 0.2) is 48.7 Å². The van der Waals surface area contributed by atoms with Crippen molar-refractivity contribution >= 4 is 11.9 Å². The molecule has 1 aromatic heterocycles. The van der Waals surface area contributed by atoms with Gasteiger partial charge in [-0.25, -0.2) is 0 Å². The monoisotopic (exact) mass is 356 g/mol. The summed E-state index contributed by atoms with van der Waals surface area (Å²) in [4.78, 5) is 30.2. The smallest absolute Gasteiger partial charge is 0.307 e. The fourth-order valence-corrected chi connectivity index (χ4v) is 2.40. The minimum Gasteiger partial charge on any atom is -0.491 e. The van der Waals surface area contributed by atoms with Crippen molar-refractivity contribution in [3.05, 3.63) is 59.9 Å². The summed E-state index contributed by atoms with van der Waals surface area (Å²) in [6.45, 7) is 4.47. The number of hydrogen-bond acceptors (Lipinski definition) is 5. The summed E-state index contributed by atoms with van der Waals surface area (Å²) in [6, 6.07) is 12.5. The van der Waals surface area contributed by atoms with Crippen LogP contribution in [0.5, 0.6) is 5.75 Å². The Kier molecular flexibility index (Phi) is 7.14. The predicted octanol–water partition coefficient (Wildman–Crippen LogP) is 3.07. The minimum atomic E-state index is -0.357. The summed E-state index contributed by atoms with van der Waals surface area (Å²) < 4.78 is 10.3. The normalized spacial score (nSPS) is 10.5. The molecule has 6 nitrogen and oxygen atoms in total. The number of ether oxygens (including phenoxy) is 2. The zero-order valence-electron chi connectivity index (χ0n) is 15.3. The molecule has 0 saturated carbocycles. The Morgan fingerprint density at radius 1 is 1.12 bits per heavy atom. The van der Waals surface area contributed by atoms with Crippen LogP contribution in [0.1, 0.15) is 36.3 Å². The van der Waals surface area contributed by atoms with E-state index in [0.29, 0.717) is 17.9 Å². The summed E-state index contributed by atoms with van der Waals surface area (Å²) in [5.41, 5.74) is 1.28. The average Bonchev–Trinajstić information content (AvgIpc) is 2.65. The van der Waals surface area contributed by atoms with E-state index in [4.69, 9.17) is 4.74 Å². The maximum Gasteiger partial charge on any atom is 0.307 e. The summed E-state index contributed by atoms with van der Waals surface area (Å²) in [6.07, 6.45) is 1.87. The van der Waals surface area contributed by atoms with Crippen LogP contribution in [0, 0.1) is 0 Å². The van der Waals surface area contributed by atoms with Gasteiger partial charge >= 0.3 is 5.97 Å². The second-order valence-corrected chi connectivity index (χ2v) is 6.06. The number of hydrogen-bond donors (Lipinski definition) is 0. The van der Waals surface area contributed by atoms with Crippen LogP contribution in [0.25, 0.3) is 0 Å². The second kappa shape index (κ2) is 9.56. The lowest BCUT2D eigenvalue weighted by Gasteiger charge is -2.22. The van der Waals surface area contributed by atoms with Gasteiger partial charge in [0.25, 0.3) is 5.91 Å². The highest BCUT2D eigenvalue weighted by Crippen LogP contribution is 2.16. The Labute approximate surface area is 153 Å². The number of methoxy groups -OCH3 is 1. The van der Waals surface area contributed by atoms with E-state index in [1.165, 1.54) is 7.11 Å². The van der Waals surface area contributed by atoms with Gasteiger partial charge in [0.1, 0.15) is 5.75 Å². The lowest BCUT2D eigenvalue weighted by atomic mass is 10.1. The minimum absolute atomic E-state index is 0.0669. The molecule has 0 bridgehead atoms. The highest BCUT2D eigenvalue weighted by atomic mass is 16.5. The lowest BCUT2D eigenvalue weighted by molar-refractivity contribution is -0.140.